The first-order valence-corrected chi connectivity index (χ1v) is 5.96. The number of amides is 1. The van der Waals surface area contributed by atoms with E-state index in [4.69, 9.17) is 5.73 Å². The van der Waals surface area contributed by atoms with Crippen molar-refractivity contribution in [3.05, 3.63) is 29.8 Å². The summed E-state index contributed by atoms with van der Waals surface area (Å²) in [4.78, 5) is 10.9. The lowest BCUT2D eigenvalue weighted by Gasteiger charge is -2.21. The number of halogens is 3. The molecule has 0 atom stereocenters. The fourth-order valence-electron chi connectivity index (χ4n) is 1.15. The monoisotopic (exact) mass is 282 g/mol. The van der Waals surface area contributed by atoms with Crippen LogP contribution in [0.1, 0.15) is 10.4 Å². The van der Waals surface area contributed by atoms with Crippen LogP contribution in [0.3, 0.4) is 0 Å². The number of nitrogens with zero attached hydrogens (tertiary/aromatic N) is 1. The third-order valence-electron chi connectivity index (χ3n) is 2.15. The van der Waals surface area contributed by atoms with Crippen LogP contribution in [0.5, 0.6) is 0 Å². The second-order valence-electron chi connectivity index (χ2n) is 3.33. The van der Waals surface area contributed by atoms with Gasteiger partial charge in [-0.25, -0.2) is 0 Å². The Morgan fingerprint density at radius 2 is 1.89 bits per heavy atom. The zero-order chi connectivity index (χ0) is 14.1. The zero-order valence-corrected chi connectivity index (χ0v) is 9.92. The van der Waals surface area contributed by atoms with Gasteiger partial charge >= 0.3 is 15.5 Å². The minimum atomic E-state index is -5.49. The van der Waals surface area contributed by atoms with Gasteiger partial charge in [0.1, 0.15) is 0 Å². The highest BCUT2D eigenvalue weighted by atomic mass is 32.2. The van der Waals surface area contributed by atoms with Crippen molar-refractivity contribution in [1.82, 2.24) is 0 Å². The summed E-state index contributed by atoms with van der Waals surface area (Å²) in [6.45, 7) is 0. The van der Waals surface area contributed by atoms with Crippen molar-refractivity contribution in [3.63, 3.8) is 0 Å². The number of primary amides is 1. The van der Waals surface area contributed by atoms with Crippen molar-refractivity contribution < 1.29 is 26.4 Å². The number of sulfonamides is 1. The molecule has 100 valence electrons. The predicted molar refractivity (Wildman–Crippen MR) is 58.3 cm³/mol. The van der Waals surface area contributed by atoms with Gasteiger partial charge in [0.05, 0.1) is 5.69 Å². The molecule has 1 rings (SSSR count). The van der Waals surface area contributed by atoms with Gasteiger partial charge in [-0.2, -0.15) is 21.6 Å². The van der Waals surface area contributed by atoms with Gasteiger partial charge in [0.15, 0.2) is 0 Å². The van der Waals surface area contributed by atoms with Gasteiger partial charge in [-0.1, -0.05) is 6.07 Å². The summed E-state index contributed by atoms with van der Waals surface area (Å²) in [7, 11) is -4.75. The third-order valence-corrected chi connectivity index (χ3v) is 3.66. The standard InChI is InChI=1S/C9H9F3N2O3S/c1-14(18(16,17)9(10,11)12)7-4-2-3-6(5-7)8(13)15/h2-5H,1H3,(H2,13,15). The molecule has 0 aliphatic rings. The molecule has 0 fully saturated rings. The summed E-state index contributed by atoms with van der Waals surface area (Å²) in [5, 5.41) is 0. The highest BCUT2D eigenvalue weighted by Gasteiger charge is 2.49. The van der Waals surface area contributed by atoms with Crippen LogP contribution in [0.25, 0.3) is 0 Å². The Morgan fingerprint density at radius 1 is 1.33 bits per heavy atom. The van der Waals surface area contributed by atoms with Crippen LogP contribution in [-0.2, 0) is 10.0 Å². The topological polar surface area (TPSA) is 80.5 Å². The second-order valence-corrected chi connectivity index (χ2v) is 5.29. The molecule has 0 aliphatic heterocycles. The molecule has 0 heterocycles. The first-order valence-electron chi connectivity index (χ1n) is 4.52. The normalized spacial score (nSPS) is 12.2. The van der Waals surface area contributed by atoms with E-state index in [0.29, 0.717) is 0 Å². The predicted octanol–water partition coefficient (Wildman–Crippen LogP) is 1.07. The zero-order valence-electron chi connectivity index (χ0n) is 9.10. The SMILES string of the molecule is CN(c1cccc(C(N)=O)c1)S(=O)(=O)C(F)(F)F. The molecule has 5 nitrogen and oxygen atoms in total. The van der Waals surface area contributed by atoms with Crippen LogP contribution in [0.15, 0.2) is 24.3 Å². The van der Waals surface area contributed by atoms with Gasteiger partial charge in [0.25, 0.3) is 0 Å². The first kappa shape index (κ1) is 14.3. The van der Waals surface area contributed by atoms with Crippen molar-refractivity contribution >= 4 is 21.6 Å². The Hall–Kier alpha value is -1.77. The molecular weight excluding hydrogens is 273 g/mol. The van der Waals surface area contributed by atoms with Crippen LogP contribution in [-0.4, -0.2) is 26.9 Å². The maximum absolute atomic E-state index is 12.3. The fourth-order valence-corrected chi connectivity index (χ4v) is 1.85. The van der Waals surface area contributed by atoms with Crippen LogP contribution in [0.4, 0.5) is 18.9 Å². The maximum atomic E-state index is 12.3. The third kappa shape index (κ3) is 2.55. The molecule has 9 heteroatoms. The number of nitrogens with two attached hydrogens (primary N) is 1. The van der Waals surface area contributed by atoms with Crippen LogP contribution in [0, 0.1) is 0 Å². The Balaban J connectivity index is 3.24. The van der Waals surface area contributed by atoms with E-state index in [1.807, 2.05) is 0 Å². The Bertz CT molecular complexity index is 569. The number of benzene rings is 1. The first-order chi connectivity index (χ1) is 8.07. The van der Waals surface area contributed by atoms with E-state index < -0.39 is 21.4 Å². The highest BCUT2D eigenvalue weighted by Crippen LogP contribution is 2.29. The number of carbonyl (C=O) groups excluding carboxylic acids is 1. The average Bonchev–Trinajstić information content (AvgIpc) is 2.26. The molecular formula is C9H9F3N2O3S. The largest absolute Gasteiger partial charge is 0.516 e. The Labute approximate surface area is 101 Å². The van der Waals surface area contributed by atoms with E-state index in [9.17, 15) is 26.4 Å². The molecule has 2 N–H and O–H groups in total. The Kier molecular flexibility index (Phi) is 3.56. The lowest BCUT2D eigenvalue weighted by Crippen LogP contribution is -2.38. The van der Waals surface area contributed by atoms with Gasteiger partial charge in [-0.3, -0.25) is 9.10 Å². The molecule has 0 unspecified atom stereocenters. The van der Waals surface area contributed by atoms with E-state index in [0.717, 1.165) is 19.2 Å². The molecule has 0 spiro atoms. The van der Waals surface area contributed by atoms with E-state index >= 15 is 0 Å². The molecule has 0 saturated carbocycles. The van der Waals surface area contributed by atoms with Crippen LogP contribution >= 0.6 is 0 Å². The second kappa shape index (κ2) is 4.48. The molecule has 1 aromatic rings. The van der Waals surface area contributed by atoms with Crippen molar-refractivity contribution in [2.24, 2.45) is 5.73 Å². The summed E-state index contributed by atoms with van der Waals surface area (Å²) in [5.41, 5.74) is -0.852. The molecule has 0 bridgehead atoms. The minimum Gasteiger partial charge on any atom is -0.366 e. The van der Waals surface area contributed by atoms with Gasteiger partial charge in [-0.05, 0) is 18.2 Å². The number of hydrogen-bond donors (Lipinski definition) is 1. The van der Waals surface area contributed by atoms with Gasteiger partial charge in [0, 0.05) is 12.6 Å². The quantitative estimate of drug-likeness (QED) is 0.900. The van der Waals surface area contributed by atoms with Gasteiger partial charge in [-0.15, -0.1) is 0 Å². The maximum Gasteiger partial charge on any atom is 0.516 e. The van der Waals surface area contributed by atoms with E-state index in [-0.39, 0.29) is 15.6 Å². The summed E-state index contributed by atoms with van der Waals surface area (Å²) < 4.78 is 59.2. The van der Waals surface area contributed by atoms with Crippen molar-refractivity contribution in [3.8, 4) is 0 Å². The summed E-state index contributed by atoms with van der Waals surface area (Å²) in [5.74, 6) is -0.866. The molecule has 0 radical (unpaired) electrons. The average molecular weight is 282 g/mol. The van der Waals surface area contributed by atoms with Crippen molar-refractivity contribution in [2.75, 3.05) is 11.4 Å². The van der Waals surface area contributed by atoms with Gasteiger partial charge < -0.3 is 5.73 Å². The lowest BCUT2D eigenvalue weighted by molar-refractivity contribution is -0.0437. The van der Waals surface area contributed by atoms with Crippen LogP contribution < -0.4 is 10.0 Å². The smallest absolute Gasteiger partial charge is 0.366 e. The highest BCUT2D eigenvalue weighted by molar-refractivity contribution is 7.93. The summed E-state index contributed by atoms with van der Waals surface area (Å²) in [6, 6.07) is 4.58. The molecule has 0 saturated heterocycles. The molecule has 18 heavy (non-hydrogen) atoms. The molecule has 1 amide bonds. The molecule has 0 aliphatic carbocycles. The number of anilines is 1. The summed E-state index contributed by atoms with van der Waals surface area (Å²) >= 11 is 0. The molecule has 0 aromatic heterocycles. The number of hydrogen-bond acceptors (Lipinski definition) is 3. The minimum absolute atomic E-state index is 0.0411. The fraction of sp³-hybridized carbons (Fsp3) is 0.222. The number of rotatable bonds is 3. The molecule has 1 aromatic carbocycles. The van der Waals surface area contributed by atoms with E-state index in [2.05, 4.69) is 0 Å². The number of carbonyl (C=O) groups is 1. The van der Waals surface area contributed by atoms with Gasteiger partial charge in [0.2, 0.25) is 5.91 Å². The van der Waals surface area contributed by atoms with Crippen molar-refractivity contribution in [2.45, 2.75) is 5.51 Å². The summed E-state index contributed by atoms with van der Waals surface area (Å²) in [6.07, 6.45) is 0. The van der Waals surface area contributed by atoms with Crippen LogP contribution in [0.2, 0.25) is 0 Å². The lowest BCUT2D eigenvalue weighted by atomic mass is 10.2. The van der Waals surface area contributed by atoms with E-state index in [1.54, 1.807) is 0 Å². The van der Waals surface area contributed by atoms with Crippen molar-refractivity contribution in [1.29, 1.82) is 0 Å². The van der Waals surface area contributed by atoms with E-state index in [1.165, 1.54) is 12.1 Å². The number of alkyl halides is 3. The Morgan fingerprint density at radius 3 is 2.33 bits per heavy atom.